The molecular formula is C72H53N. The first kappa shape index (κ1) is 41.4. The summed E-state index contributed by atoms with van der Waals surface area (Å²) in [6, 6.07) is 93.5. The summed E-state index contributed by atoms with van der Waals surface area (Å²) in [5.41, 5.74) is 22.6. The molecule has 0 aromatic heterocycles. The number of rotatable bonds is 8. The van der Waals surface area contributed by atoms with Crippen LogP contribution in [0.5, 0.6) is 0 Å². The van der Waals surface area contributed by atoms with Crippen molar-refractivity contribution in [1.29, 1.82) is 0 Å². The van der Waals surface area contributed by atoms with Gasteiger partial charge in [-0.15, -0.1) is 0 Å². The van der Waals surface area contributed by atoms with Gasteiger partial charge in [0.1, 0.15) is 0 Å². The Morgan fingerprint density at radius 3 is 1.68 bits per heavy atom. The number of hydrogen-bond donors (Lipinski definition) is 0. The highest BCUT2D eigenvalue weighted by atomic mass is 15.1. The predicted molar refractivity (Wildman–Crippen MR) is 304 cm³/mol. The molecule has 0 saturated heterocycles. The highest BCUT2D eigenvalue weighted by Crippen LogP contribution is 2.89. The number of benzene rings is 11. The maximum absolute atomic E-state index is 2.66. The molecule has 0 amide bonds. The first-order valence-electron chi connectivity index (χ1n) is 26.7. The van der Waals surface area contributed by atoms with E-state index in [9.17, 15) is 0 Å². The van der Waals surface area contributed by atoms with Crippen molar-refractivity contribution in [1.82, 2.24) is 0 Å². The van der Waals surface area contributed by atoms with Gasteiger partial charge in [-0.3, -0.25) is 0 Å². The minimum atomic E-state index is 0.128. The maximum atomic E-state index is 2.66. The second-order valence-electron chi connectivity index (χ2n) is 22.0. The Balaban J connectivity index is 0.859. The average molecular weight is 932 g/mol. The molecular weight excluding hydrogens is 879 g/mol. The smallest absolute Gasteiger partial charge is 0.0540 e. The van der Waals surface area contributed by atoms with E-state index in [1.807, 2.05) is 0 Å². The van der Waals surface area contributed by atoms with Crippen molar-refractivity contribution >= 4 is 38.6 Å². The molecule has 2 spiro atoms. The lowest BCUT2D eigenvalue weighted by Gasteiger charge is -2.76. The summed E-state index contributed by atoms with van der Waals surface area (Å²) in [5.74, 6) is 3.38. The van der Waals surface area contributed by atoms with Crippen molar-refractivity contribution in [3.8, 4) is 66.8 Å². The van der Waals surface area contributed by atoms with Crippen LogP contribution in [-0.4, -0.2) is 0 Å². The molecule has 6 unspecified atom stereocenters. The van der Waals surface area contributed by atoms with E-state index in [1.54, 1.807) is 11.1 Å². The third kappa shape index (κ3) is 5.74. The third-order valence-corrected chi connectivity index (χ3v) is 19.0. The maximum Gasteiger partial charge on any atom is 0.0540 e. The van der Waals surface area contributed by atoms with Crippen molar-refractivity contribution in [2.45, 2.75) is 31.1 Å². The van der Waals surface area contributed by atoms with Gasteiger partial charge in [0.05, 0.1) is 11.4 Å². The van der Waals surface area contributed by atoms with Crippen molar-refractivity contribution in [2.24, 2.45) is 29.1 Å². The Hall–Kier alpha value is -8.26. The van der Waals surface area contributed by atoms with E-state index in [2.05, 4.69) is 254 Å². The van der Waals surface area contributed by atoms with Gasteiger partial charge in [0, 0.05) is 22.2 Å². The average Bonchev–Trinajstić information content (AvgIpc) is 4.31. The summed E-state index contributed by atoms with van der Waals surface area (Å²) >= 11 is 0. The first-order valence-corrected chi connectivity index (χ1v) is 26.7. The molecule has 1 nitrogen and oxygen atoms in total. The number of para-hydroxylation sites is 2. The standard InChI is InChI=1S/C72H53N/c1-2-15-50(16-3-1)59-26-13-19-52-20-14-27-63(70(52)59)62-24-8-11-30-67(62)73(55-38-35-48(36-39-55)47-31-33-51(34-32-47)57-25-12-18-49-17-4-5-21-56(49)57)66-29-10-7-22-58(66)53-37-40-61-60-23-6-9-28-64(60)72(65(61)43-53)68-42-46-41-54-44-69(72)71(54,68)45-46/h1-40,43,46,54,68-69H,41-42,44-45H2. The molecule has 6 atom stereocenters. The topological polar surface area (TPSA) is 3.24 Å². The van der Waals surface area contributed by atoms with Crippen molar-refractivity contribution in [2.75, 3.05) is 4.90 Å². The van der Waals surface area contributed by atoms with Gasteiger partial charge in [0.15, 0.2) is 0 Å². The Labute approximate surface area is 428 Å². The molecule has 1 heteroatoms. The largest absolute Gasteiger partial charge is 0.309 e. The molecule has 4 saturated carbocycles. The van der Waals surface area contributed by atoms with E-state index in [1.165, 1.54) is 120 Å². The summed E-state index contributed by atoms with van der Waals surface area (Å²) in [6.07, 6.45) is 5.75. The van der Waals surface area contributed by atoms with Crippen molar-refractivity contribution in [3.63, 3.8) is 0 Å². The molecule has 346 valence electrons. The highest BCUT2D eigenvalue weighted by molar-refractivity contribution is 6.09. The van der Waals surface area contributed by atoms with Gasteiger partial charge in [-0.2, -0.15) is 0 Å². The lowest BCUT2D eigenvalue weighted by atomic mass is 9.27. The van der Waals surface area contributed by atoms with E-state index >= 15 is 0 Å². The normalized spacial score (nSPS) is 22.4. The quantitative estimate of drug-likeness (QED) is 0.147. The van der Waals surface area contributed by atoms with Crippen LogP contribution >= 0.6 is 0 Å². The Morgan fingerprint density at radius 1 is 0.342 bits per heavy atom. The summed E-state index contributed by atoms with van der Waals surface area (Å²) in [5, 5.41) is 5.04. The fourth-order valence-corrected chi connectivity index (χ4v) is 16.3. The van der Waals surface area contributed by atoms with Gasteiger partial charge in [0.25, 0.3) is 0 Å². The zero-order chi connectivity index (χ0) is 47.8. The molecule has 0 aliphatic heterocycles. The second-order valence-corrected chi connectivity index (χ2v) is 22.0. The zero-order valence-electron chi connectivity index (χ0n) is 40.8. The lowest BCUT2D eigenvalue weighted by Crippen LogP contribution is -2.73. The summed E-state index contributed by atoms with van der Waals surface area (Å²) in [6.45, 7) is 0. The van der Waals surface area contributed by atoms with E-state index in [4.69, 9.17) is 0 Å². The minimum absolute atomic E-state index is 0.128. The number of hydrogen-bond acceptors (Lipinski definition) is 1. The third-order valence-electron chi connectivity index (χ3n) is 19.0. The number of anilines is 3. The molecule has 2 bridgehead atoms. The van der Waals surface area contributed by atoms with E-state index in [0.29, 0.717) is 5.41 Å². The van der Waals surface area contributed by atoms with Crippen molar-refractivity contribution in [3.05, 3.63) is 260 Å². The number of nitrogens with zero attached hydrogens (tertiary/aromatic N) is 1. The van der Waals surface area contributed by atoms with E-state index in [0.717, 1.165) is 35.0 Å². The van der Waals surface area contributed by atoms with E-state index in [-0.39, 0.29) is 5.41 Å². The second kappa shape index (κ2) is 15.6. The molecule has 16 rings (SSSR count). The lowest BCUT2D eigenvalue weighted by molar-refractivity contribution is -0.231. The van der Waals surface area contributed by atoms with Crippen LogP contribution in [0.2, 0.25) is 0 Å². The van der Waals surface area contributed by atoms with Gasteiger partial charge in [-0.1, -0.05) is 218 Å². The molecule has 5 aliphatic carbocycles. The Kier molecular flexibility index (Phi) is 8.85. The molecule has 0 heterocycles. The molecule has 5 aliphatic rings. The van der Waals surface area contributed by atoms with Gasteiger partial charge in [0.2, 0.25) is 0 Å². The van der Waals surface area contributed by atoms with Crippen LogP contribution in [0, 0.1) is 29.1 Å². The van der Waals surface area contributed by atoms with Gasteiger partial charge < -0.3 is 4.90 Å². The molecule has 0 N–H and O–H groups in total. The van der Waals surface area contributed by atoms with Gasteiger partial charge >= 0.3 is 0 Å². The van der Waals surface area contributed by atoms with Crippen LogP contribution in [0.4, 0.5) is 17.1 Å². The van der Waals surface area contributed by atoms with Crippen molar-refractivity contribution < 1.29 is 0 Å². The van der Waals surface area contributed by atoms with Crippen LogP contribution in [0.15, 0.2) is 249 Å². The minimum Gasteiger partial charge on any atom is -0.309 e. The van der Waals surface area contributed by atoms with Gasteiger partial charge in [-0.25, -0.2) is 0 Å². The van der Waals surface area contributed by atoms with Crippen LogP contribution < -0.4 is 4.90 Å². The van der Waals surface area contributed by atoms with Crippen LogP contribution in [-0.2, 0) is 5.41 Å². The molecule has 11 aromatic carbocycles. The van der Waals surface area contributed by atoms with E-state index < -0.39 is 0 Å². The van der Waals surface area contributed by atoms with Crippen LogP contribution in [0.25, 0.3) is 88.3 Å². The fraction of sp³-hybridized carbons (Fsp3) is 0.139. The predicted octanol–water partition coefficient (Wildman–Crippen LogP) is 19.1. The fourth-order valence-electron chi connectivity index (χ4n) is 16.3. The number of fused-ring (bicyclic) bond motifs is 10. The van der Waals surface area contributed by atoms with Crippen LogP contribution in [0.3, 0.4) is 0 Å². The molecule has 4 fully saturated rings. The molecule has 73 heavy (non-hydrogen) atoms. The highest BCUT2D eigenvalue weighted by Gasteiger charge is 2.84. The van der Waals surface area contributed by atoms with Crippen LogP contribution in [0.1, 0.15) is 36.8 Å². The monoisotopic (exact) mass is 931 g/mol. The van der Waals surface area contributed by atoms with Gasteiger partial charge in [-0.05, 0) is 173 Å². The summed E-state index contributed by atoms with van der Waals surface area (Å²) < 4.78 is 0. The summed E-state index contributed by atoms with van der Waals surface area (Å²) in [4.78, 5) is 2.55. The SMILES string of the molecule is c1ccc(-c2cccc3cccc(-c4ccccc4N(c4ccc(-c5ccc(-c6cccc7ccccc67)cc5)cc4)c4ccccc4-c4ccc5c(c4)C4(c6ccccc6-5)C5CC6CC7CC4C75C6)c23)cc1. The zero-order valence-corrected chi connectivity index (χ0v) is 40.8. The Morgan fingerprint density at radius 2 is 0.890 bits per heavy atom. The summed E-state index contributed by atoms with van der Waals surface area (Å²) in [7, 11) is 0. The Bertz CT molecular complexity index is 4010. The molecule has 0 radical (unpaired) electrons. The first-order chi connectivity index (χ1) is 36.2. The molecule has 11 aromatic rings.